The lowest BCUT2D eigenvalue weighted by Gasteiger charge is -2.33. The van der Waals surface area contributed by atoms with Crippen molar-refractivity contribution in [2.24, 2.45) is 5.73 Å². The highest BCUT2D eigenvalue weighted by Crippen LogP contribution is 2.28. The van der Waals surface area contributed by atoms with E-state index in [-0.39, 0.29) is 12.1 Å². The number of hydrogen-bond acceptors (Lipinski definition) is 3. The van der Waals surface area contributed by atoms with Crippen LogP contribution in [0.2, 0.25) is 0 Å². The van der Waals surface area contributed by atoms with E-state index in [1.54, 1.807) is 0 Å². The van der Waals surface area contributed by atoms with Crippen molar-refractivity contribution in [3.63, 3.8) is 0 Å². The summed E-state index contributed by atoms with van der Waals surface area (Å²) in [5.41, 5.74) is 6.09. The standard InChI is InChI=1S/C13H28N2O/c1-4-13(14,11-16)8-6-10-15-9-5-7-12(15,2)3/h16H,4-11,14H2,1-3H3. The second kappa shape index (κ2) is 5.48. The Labute approximate surface area is 100 Å². The maximum atomic E-state index is 9.24. The van der Waals surface area contributed by atoms with Gasteiger partial charge in [-0.2, -0.15) is 0 Å². The minimum atomic E-state index is -0.357. The van der Waals surface area contributed by atoms with Gasteiger partial charge in [-0.05, 0) is 59.0 Å². The summed E-state index contributed by atoms with van der Waals surface area (Å²) in [4.78, 5) is 2.56. The molecule has 1 fully saturated rings. The van der Waals surface area contributed by atoms with Crippen molar-refractivity contribution < 1.29 is 5.11 Å². The summed E-state index contributed by atoms with van der Waals surface area (Å²) >= 11 is 0. The molecule has 0 aromatic carbocycles. The molecule has 96 valence electrons. The third-order valence-corrected chi connectivity index (χ3v) is 4.19. The molecular weight excluding hydrogens is 200 g/mol. The molecule has 1 rings (SSSR count). The fourth-order valence-electron chi connectivity index (χ4n) is 2.57. The van der Waals surface area contributed by atoms with E-state index < -0.39 is 0 Å². The van der Waals surface area contributed by atoms with Gasteiger partial charge < -0.3 is 10.8 Å². The van der Waals surface area contributed by atoms with Crippen LogP contribution in [0, 0.1) is 0 Å². The minimum Gasteiger partial charge on any atom is -0.394 e. The number of aliphatic hydroxyl groups excluding tert-OH is 1. The molecule has 0 aliphatic carbocycles. The maximum Gasteiger partial charge on any atom is 0.0611 e. The van der Waals surface area contributed by atoms with Gasteiger partial charge >= 0.3 is 0 Å². The summed E-state index contributed by atoms with van der Waals surface area (Å²) in [5, 5.41) is 9.24. The predicted molar refractivity (Wildman–Crippen MR) is 68.4 cm³/mol. The Morgan fingerprint density at radius 2 is 2.12 bits per heavy atom. The molecule has 0 aromatic heterocycles. The molecule has 1 heterocycles. The van der Waals surface area contributed by atoms with Crippen molar-refractivity contribution in [2.75, 3.05) is 19.7 Å². The monoisotopic (exact) mass is 228 g/mol. The largest absolute Gasteiger partial charge is 0.394 e. The van der Waals surface area contributed by atoms with Crippen LogP contribution in [-0.2, 0) is 0 Å². The average molecular weight is 228 g/mol. The fraction of sp³-hybridized carbons (Fsp3) is 1.00. The number of aliphatic hydroxyl groups is 1. The Kier molecular flexibility index (Phi) is 4.77. The molecule has 1 unspecified atom stereocenters. The van der Waals surface area contributed by atoms with Gasteiger partial charge in [0.2, 0.25) is 0 Å². The lowest BCUT2D eigenvalue weighted by atomic mass is 9.92. The van der Waals surface area contributed by atoms with Crippen LogP contribution in [0.25, 0.3) is 0 Å². The second-order valence-electron chi connectivity index (χ2n) is 5.88. The van der Waals surface area contributed by atoms with Gasteiger partial charge in [-0.15, -0.1) is 0 Å². The lowest BCUT2D eigenvalue weighted by molar-refractivity contribution is 0.148. The third kappa shape index (κ3) is 3.44. The van der Waals surface area contributed by atoms with Crippen LogP contribution >= 0.6 is 0 Å². The summed E-state index contributed by atoms with van der Waals surface area (Å²) in [6.45, 7) is 9.13. The van der Waals surface area contributed by atoms with E-state index in [1.165, 1.54) is 19.4 Å². The molecule has 3 heteroatoms. The van der Waals surface area contributed by atoms with E-state index in [4.69, 9.17) is 5.73 Å². The van der Waals surface area contributed by atoms with Crippen molar-refractivity contribution in [3.05, 3.63) is 0 Å². The molecule has 0 radical (unpaired) electrons. The molecule has 3 nitrogen and oxygen atoms in total. The number of rotatable bonds is 6. The molecule has 0 bridgehead atoms. The summed E-state index contributed by atoms with van der Waals surface area (Å²) in [6.07, 6.45) is 5.48. The number of hydrogen-bond donors (Lipinski definition) is 2. The average Bonchev–Trinajstić information content (AvgIpc) is 2.58. The van der Waals surface area contributed by atoms with Crippen molar-refractivity contribution in [2.45, 2.75) is 64.0 Å². The molecule has 1 saturated heterocycles. The van der Waals surface area contributed by atoms with Gasteiger partial charge in [-0.25, -0.2) is 0 Å². The highest BCUT2D eigenvalue weighted by Gasteiger charge is 2.31. The van der Waals surface area contributed by atoms with Crippen molar-refractivity contribution in [1.29, 1.82) is 0 Å². The van der Waals surface area contributed by atoms with Crippen LogP contribution in [0.15, 0.2) is 0 Å². The Morgan fingerprint density at radius 1 is 1.44 bits per heavy atom. The van der Waals surface area contributed by atoms with Crippen LogP contribution < -0.4 is 5.73 Å². The van der Waals surface area contributed by atoms with Crippen LogP contribution in [0.1, 0.15) is 52.9 Å². The van der Waals surface area contributed by atoms with Crippen LogP contribution in [0.5, 0.6) is 0 Å². The summed E-state index contributed by atoms with van der Waals surface area (Å²) in [5.74, 6) is 0. The van der Waals surface area contributed by atoms with Gasteiger partial charge in [0, 0.05) is 11.1 Å². The van der Waals surface area contributed by atoms with Crippen molar-refractivity contribution in [1.82, 2.24) is 4.90 Å². The smallest absolute Gasteiger partial charge is 0.0611 e. The minimum absolute atomic E-state index is 0.104. The molecular formula is C13H28N2O. The van der Waals surface area contributed by atoms with Crippen molar-refractivity contribution >= 4 is 0 Å². The predicted octanol–water partition coefficient (Wildman–Crippen LogP) is 1.74. The highest BCUT2D eigenvalue weighted by molar-refractivity contribution is 4.89. The van der Waals surface area contributed by atoms with Crippen LogP contribution in [0.3, 0.4) is 0 Å². The van der Waals surface area contributed by atoms with E-state index in [0.29, 0.717) is 5.54 Å². The van der Waals surface area contributed by atoms with Gasteiger partial charge in [0.1, 0.15) is 0 Å². The van der Waals surface area contributed by atoms with E-state index >= 15 is 0 Å². The normalized spacial score (nSPS) is 24.6. The van der Waals surface area contributed by atoms with E-state index in [2.05, 4.69) is 25.7 Å². The Bertz CT molecular complexity index is 212. The quantitative estimate of drug-likeness (QED) is 0.728. The van der Waals surface area contributed by atoms with Crippen molar-refractivity contribution in [3.8, 4) is 0 Å². The first-order chi connectivity index (χ1) is 7.43. The van der Waals surface area contributed by atoms with Crippen LogP contribution in [-0.4, -0.2) is 40.8 Å². The number of nitrogens with zero attached hydrogens (tertiary/aromatic N) is 1. The van der Waals surface area contributed by atoms with Gasteiger partial charge in [-0.3, -0.25) is 4.90 Å². The first kappa shape index (κ1) is 13.9. The van der Waals surface area contributed by atoms with E-state index in [1.807, 2.05) is 0 Å². The maximum absolute atomic E-state index is 9.24. The zero-order chi connectivity index (χ0) is 12.2. The summed E-state index contributed by atoms with van der Waals surface area (Å²) in [7, 11) is 0. The summed E-state index contributed by atoms with van der Waals surface area (Å²) < 4.78 is 0. The molecule has 16 heavy (non-hydrogen) atoms. The molecule has 1 atom stereocenters. The van der Waals surface area contributed by atoms with Gasteiger partial charge in [0.05, 0.1) is 6.61 Å². The Hall–Kier alpha value is -0.120. The van der Waals surface area contributed by atoms with Crippen LogP contribution in [0.4, 0.5) is 0 Å². The zero-order valence-corrected chi connectivity index (χ0v) is 11.1. The SMILES string of the molecule is CCC(N)(CO)CCCN1CCCC1(C)C. The van der Waals surface area contributed by atoms with E-state index in [9.17, 15) is 5.11 Å². The molecule has 0 amide bonds. The van der Waals surface area contributed by atoms with E-state index in [0.717, 1.165) is 25.8 Å². The third-order valence-electron chi connectivity index (χ3n) is 4.19. The molecule has 0 aromatic rings. The fourth-order valence-corrected chi connectivity index (χ4v) is 2.57. The highest BCUT2D eigenvalue weighted by atomic mass is 16.3. The molecule has 0 saturated carbocycles. The lowest BCUT2D eigenvalue weighted by Crippen LogP contribution is -2.44. The molecule has 0 spiro atoms. The molecule has 1 aliphatic rings. The summed E-state index contributed by atoms with van der Waals surface area (Å²) in [6, 6.07) is 0. The second-order valence-corrected chi connectivity index (χ2v) is 5.88. The van der Waals surface area contributed by atoms with Gasteiger partial charge in [-0.1, -0.05) is 6.92 Å². The zero-order valence-electron chi connectivity index (χ0n) is 11.1. The first-order valence-corrected chi connectivity index (χ1v) is 6.58. The molecule has 3 N–H and O–H groups in total. The number of likely N-dealkylation sites (tertiary alicyclic amines) is 1. The number of nitrogens with two attached hydrogens (primary N) is 1. The van der Waals surface area contributed by atoms with Gasteiger partial charge in [0.25, 0.3) is 0 Å². The topological polar surface area (TPSA) is 49.5 Å². The molecule has 1 aliphatic heterocycles. The Balaban J connectivity index is 2.30. The first-order valence-electron chi connectivity index (χ1n) is 6.58. The van der Waals surface area contributed by atoms with Gasteiger partial charge in [0.15, 0.2) is 0 Å². The Morgan fingerprint density at radius 3 is 2.56 bits per heavy atom.